The highest BCUT2D eigenvalue weighted by atomic mass is 16.5. The maximum Gasteiger partial charge on any atom is 0.219 e. The van der Waals surface area contributed by atoms with E-state index in [0.717, 1.165) is 57.8 Å². The first kappa shape index (κ1) is 24.8. The van der Waals surface area contributed by atoms with Crippen LogP contribution in [0.15, 0.2) is 18.2 Å². The Morgan fingerprint density at radius 2 is 1.66 bits per heavy atom. The zero-order chi connectivity index (χ0) is 22.8. The predicted octanol–water partition coefficient (Wildman–Crippen LogP) is 2.76. The van der Waals surface area contributed by atoms with Gasteiger partial charge in [0.05, 0.1) is 7.11 Å². The summed E-state index contributed by atoms with van der Waals surface area (Å²) < 4.78 is 11.5. The summed E-state index contributed by atoms with van der Waals surface area (Å²) in [6.45, 7) is 8.99. The summed E-state index contributed by atoms with van der Waals surface area (Å²) in [5.41, 5.74) is 1.16. The van der Waals surface area contributed by atoms with Gasteiger partial charge in [-0.1, -0.05) is 25.3 Å². The van der Waals surface area contributed by atoms with Crippen LogP contribution in [0.4, 0.5) is 0 Å². The van der Waals surface area contributed by atoms with Gasteiger partial charge >= 0.3 is 0 Å². The number of nitrogens with zero attached hydrogens (tertiary/aromatic N) is 3. The predicted molar refractivity (Wildman–Crippen MR) is 126 cm³/mol. The highest BCUT2D eigenvalue weighted by molar-refractivity contribution is 5.73. The van der Waals surface area contributed by atoms with Crippen molar-refractivity contribution >= 4 is 5.91 Å². The molecule has 0 bridgehead atoms. The van der Waals surface area contributed by atoms with Crippen molar-refractivity contribution in [1.29, 1.82) is 0 Å². The maximum absolute atomic E-state index is 11.6. The Morgan fingerprint density at radius 3 is 2.38 bits per heavy atom. The number of carbonyl (C=O) groups is 1. The van der Waals surface area contributed by atoms with Gasteiger partial charge in [-0.25, -0.2) is 0 Å². The first-order valence-electron chi connectivity index (χ1n) is 12.2. The summed E-state index contributed by atoms with van der Waals surface area (Å²) in [4.78, 5) is 18.3. The molecule has 2 heterocycles. The van der Waals surface area contributed by atoms with Gasteiger partial charge in [0, 0.05) is 46.2 Å². The number of benzene rings is 1. The van der Waals surface area contributed by atoms with Gasteiger partial charge in [0.1, 0.15) is 12.7 Å². The molecule has 2 fully saturated rings. The van der Waals surface area contributed by atoms with Crippen LogP contribution < -0.4 is 9.47 Å². The van der Waals surface area contributed by atoms with Crippen LogP contribution in [-0.4, -0.2) is 91.3 Å². The summed E-state index contributed by atoms with van der Waals surface area (Å²) >= 11 is 0. The van der Waals surface area contributed by atoms with Crippen LogP contribution in [0.25, 0.3) is 0 Å². The molecule has 0 saturated carbocycles. The summed E-state index contributed by atoms with van der Waals surface area (Å²) in [6, 6.07) is 6.03. The molecule has 0 spiro atoms. The molecule has 32 heavy (non-hydrogen) atoms. The van der Waals surface area contributed by atoms with Crippen molar-refractivity contribution in [3.8, 4) is 11.5 Å². The number of carbonyl (C=O) groups excluding carboxylic acids is 1. The Morgan fingerprint density at radius 1 is 0.938 bits per heavy atom. The Bertz CT molecular complexity index is 706. The van der Waals surface area contributed by atoms with Crippen LogP contribution in [0.5, 0.6) is 11.5 Å². The van der Waals surface area contributed by atoms with Crippen molar-refractivity contribution < 1.29 is 19.4 Å². The zero-order valence-corrected chi connectivity index (χ0v) is 19.9. The fraction of sp³-hybridized carbons (Fsp3) is 0.720. The number of hydrogen-bond donors (Lipinski definition) is 1. The zero-order valence-electron chi connectivity index (χ0n) is 19.9. The van der Waals surface area contributed by atoms with Gasteiger partial charge in [-0.05, 0) is 50.0 Å². The molecular weight excluding hydrogens is 406 g/mol. The SMILES string of the molecule is COc1cc(CN2CCCN(C(C)=O)CC2)ccc1OCC(O)CN1CCCCCCC1. The van der Waals surface area contributed by atoms with Gasteiger partial charge in [0.2, 0.25) is 5.91 Å². The van der Waals surface area contributed by atoms with Crippen LogP contribution in [0.3, 0.4) is 0 Å². The number of ether oxygens (including phenoxy) is 2. The number of amides is 1. The molecular formula is C25H41N3O4. The molecule has 2 aliphatic rings. The van der Waals surface area contributed by atoms with Crippen molar-refractivity contribution in [3.05, 3.63) is 23.8 Å². The van der Waals surface area contributed by atoms with Crippen molar-refractivity contribution in [2.24, 2.45) is 0 Å². The normalized spacial score (nSPS) is 20.2. The smallest absolute Gasteiger partial charge is 0.219 e. The maximum atomic E-state index is 11.6. The van der Waals surface area contributed by atoms with E-state index in [1.807, 2.05) is 17.0 Å². The Balaban J connectivity index is 1.49. The third-order valence-corrected chi connectivity index (χ3v) is 6.52. The lowest BCUT2D eigenvalue weighted by molar-refractivity contribution is -0.128. The quantitative estimate of drug-likeness (QED) is 0.661. The molecule has 1 unspecified atom stereocenters. The lowest BCUT2D eigenvalue weighted by Gasteiger charge is -2.27. The average Bonchev–Trinajstić information content (AvgIpc) is 3.00. The lowest BCUT2D eigenvalue weighted by Crippen LogP contribution is -2.37. The third kappa shape index (κ3) is 7.94. The van der Waals surface area contributed by atoms with Crippen molar-refractivity contribution in [2.45, 2.75) is 58.1 Å². The Kier molecular flexibility index (Phi) is 10.1. The fourth-order valence-electron chi connectivity index (χ4n) is 4.66. The minimum atomic E-state index is -0.514. The van der Waals surface area contributed by atoms with E-state index in [1.165, 1.54) is 32.1 Å². The van der Waals surface area contributed by atoms with E-state index in [1.54, 1.807) is 14.0 Å². The topological polar surface area (TPSA) is 65.5 Å². The van der Waals surface area contributed by atoms with Crippen LogP contribution in [-0.2, 0) is 11.3 Å². The van der Waals surface area contributed by atoms with E-state index < -0.39 is 6.10 Å². The summed E-state index contributed by atoms with van der Waals surface area (Å²) in [7, 11) is 1.65. The van der Waals surface area contributed by atoms with Gasteiger partial charge in [-0.2, -0.15) is 0 Å². The van der Waals surface area contributed by atoms with Gasteiger partial charge in [-0.3, -0.25) is 9.69 Å². The highest BCUT2D eigenvalue weighted by Gasteiger charge is 2.18. The second kappa shape index (κ2) is 13.0. The summed E-state index contributed by atoms with van der Waals surface area (Å²) in [6.07, 6.45) is 6.83. The average molecular weight is 448 g/mol. The molecule has 0 aromatic heterocycles. The summed E-state index contributed by atoms with van der Waals surface area (Å²) in [5, 5.41) is 10.5. The first-order valence-corrected chi connectivity index (χ1v) is 12.2. The van der Waals surface area contributed by atoms with Crippen LogP contribution >= 0.6 is 0 Å². The van der Waals surface area contributed by atoms with E-state index in [0.29, 0.717) is 18.0 Å². The number of likely N-dealkylation sites (tertiary alicyclic amines) is 1. The van der Waals surface area contributed by atoms with Crippen molar-refractivity contribution in [3.63, 3.8) is 0 Å². The molecule has 3 rings (SSSR count). The van der Waals surface area contributed by atoms with E-state index in [-0.39, 0.29) is 12.5 Å². The Hall–Kier alpha value is -1.83. The number of hydrogen-bond acceptors (Lipinski definition) is 6. The molecule has 1 aromatic carbocycles. The fourth-order valence-corrected chi connectivity index (χ4v) is 4.66. The molecule has 180 valence electrons. The van der Waals surface area contributed by atoms with Crippen molar-refractivity contribution in [2.75, 3.05) is 59.5 Å². The number of aliphatic hydroxyl groups excluding tert-OH is 1. The second-order valence-electron chi connectivity index (χ2n) is 9.15. The molecule has 7 nitrogen and oxygen atoms in total. The van der Waals surface area contributed by atoms with Gasteiger partial charge in [0.25, 0.3) is 0 Å². The number of methoxy groups -OCH3 is 1. The van der Waals surface area contributed by atoms with E-state index in [2.05, 4.69) is 15.9 Å². The highest BCUT2D eigenvalue weighted by Crippen LogP contribution is 2.29. The number of aliphatic hydroxyl groups is 1. The Labute approximate surface area is 193 Å². The second-order valence-corrected chi connectivity index (χ2v) is 9.15. The number of β-amino-alcohol motifs (C(OH)–C–C–N with tert-alkyl or cyclic N) is 1. The van der Waals surface area contributed by atoms with Crippen LogP contribution in [0.2, 0.25) is 0 Å². The monoisotopic (exact) mass is 447 g/mol. The molecule has 2 saturated heterocycles. The molecule has 1 atom stereocenters. The standard InChI is InChI=1S/C25H41N3O4/c1-21(29)28-14-8-13-27(15-16-28)18-22-9-10-24(25(17-22)31-2)32-20-23(30)19-26-11-6-4-3-5-7-12-26/h9-10,17,23,30H,3-8,11-16,18-20H2,1-2H3. The van der Waals surface area contributed by atoms with Gasteiger partial charge in [-0.15, -0.1) is 0 Å². The lowest BCUT2D eigenvalue weighted by atomic mass is 10.1. The molecule has 1 amide bonds. The third-order valence-electron chi connectivity index (χ3n) is 6.52. The number of rotatable bonds is 8. The molecule has 0 aliphatic carbocycles. The molecule has 2 aliphatic heterocycles. The van der Waals surface area contributed by atoms with Crippen LogP contribution in [0.1, 0.15) is 51.0 Å². The molecule has 0 radical (unpaired) electrons. The van der Waals surface area contributed by atoms with Crippen molar-refractivity contribution in [1.82, 2.24) is 14.7 Å². The largest absolute Gasteiger partial charge is 0.493 e. The van der Waals surface area contributed by atoms with E-state index in [9.17, 15) is 9.90 Å². The van der Waals surface area contributed by atoms with Crippen LogP contribution in [0, 0.1) is 0 Å². The first-order chi connectivity index (χ1) is 15.5. The molecule has 1 N–H and O–H groups in total. The van der Waals surface area contributed by atoms with Gasteiger partial charge < -0.3 is 24.4 Å². The molecule has 7 heteroatoms. The molecule has 1 aromatic rings. The minimum absolute atomic E-state index is 0.156. The van der Waals surface area contributed by atoms with E-state index in [4.69, 9.17) is 9.47 Å². The summed E-state index contributed by atoms with van der Waals surface area (Å²) in [5.74, 6) is 1.52. The van der Waals surface area contributed by atoms with E-state index >= 15 is 0 Å². The van der Waals surface area contributed by atoms with Gasteiger partial charge in [0.15, 0.2) is 11.5 Å². The minimum Gasteiger partial charge on any atom is -0.493 e.